The normalized spacial score (nSPS) is 19.2. The fourth-order valence-corrected chi connectivity index (χ4v) is 3.74. The molecule has 6 nitrogen and oxygen atoms in total. The van der Waals surface area contributed by atoms with Crippen molar-refractivity contribution in [3.63, 3.8) is 0 Å². The highest BCUT2D eigenvalue weighted by atomic mass is 32.2. The fourth-order valence-electron chi connectivity index (χ4n) is 3.00. The van der Waals surface area contributed by atoms with E-state index in [4.69, 9.17) is 0 Å². The molecule has 0 unspecified atom stereocenters. The number of carbonyl (C=O) groups excluding carboxylic acids is 1. The van der Waals surface area contributed by atoms with Crippen LogP contribution >= 0.6 is 0 Å². The van der Waals surface area contributed by atoms with Gasteiger partial charge in [0, 0.05) is 32.1 Å². The quantitative estimate of drug-likeness (QED) is 0.881. The average molecular weight is 355 g/mol. The molecule has 132 valence electrons. The van der Waals surface area contributed by atoms with Crippen LogP contribution in [0.4, 0.5) is 10.1 Å². The van der Waals surface area contributed by atoms with Crippen molar-refractivity contribution in [3.8, 4) is 0 Å². The van der Waals surface area contributed by atoms with Gasteiger partial charge in [0.25, 0.3) is 0 Å². The molecule has 0 bridgehead atoms. The predicted octanol–water partition coefficient (Wildman–Crippen LogP) is 1.18. The molecular weight excluding hydrogens is 333 g/mol. The SMILES string of the molecule is CNS(=O)(=O)c1ccc(N2CCCN(C(=O)C3CC3)CC2)c(F)c1. The van der Waals surface area contributed by atoms with E-state index in [-0.39, 0.29) is 16.7 Å². The Labute approximate surface area is 141 Å². The summed E-state index contributed by atoms with van der Waals surface area (Å²) in [5.74, 6) is -0.152. The molecule has 1 saturated heterocycles. The van der Waals surface area contributed by atoms with E-state index in [9.17, 15) is 17.6 Å². The van der Waals surface area contributed by atoms with E-state index in [2.05, 4.69) is 4.72 Å². The number of halogens is 1. The van der Waals surface area contributed by atoms with E-state index >= 15 is 0 Å². The second kappa shape index (κ2) is 6.68. The Morgan fingerprint density at radius 1 is 1.21 bits per heavy atom. The van der Waals surface area contributed by atoms with Crippen molar-refractivity contribution in [3.05, 3.63) is 24.0 Å². The van der Waals surface area contributed by atoms with Crippen LogP contribution in [0.3, 0.4) is 0 Å². The van der Waals surface area contributed by atoms with E-state index in [0.29, 0.717) is 31.9 Å². The van der Waals surface area contributed by atoms with E-state index in [0.717, 1.165) is 25.3 Å². The summed E-state index contributed by atoms with van der Waals surface area (Å²) in [6, 6.07) is 3.94. The number of sulfonamides is 1. The van der Waals surface area contributed by atoms with Gasteiger partial charge < -0.3 is 9.80 Å². The first kappa shape index (κ1) is 17.2. The number of amides is 1. The third kappa shape index (κ3) is 3.54. The molecular formula is C16H22FN3O3S. The van der Waals surface area contributed by atoms with Gasteiger partial charge >= 0.3 is 0 Å². The molecule has 24 heavy (non-hydrogen) atoms. The number of benzene rings is 1. The lowest BCUT2D eigenvalue weighted by Gasteiger charge is -2.24. The van der Waals surface area contributed by atoms with Gasteiger partial charge in [0.05, 0.1) is 10.6 Å². The summed E-state index contributed by atoms with van der Waals surface area (Å²) in [7, 11) is -2.37. The van der Waals surface area contributed by atoms with Crippen molar-refractivity contribution < 1.29 is 17.6 Å². The van der Waals surface area contributed by atoms with Crippen LogP contribution in [0.2, 0.25) is 0 Å². The van der Waals surface area contributed by atoms with Gasteiger partial charge in [-0.25, -0.2) is 17.5 Å². The molecule has 1 aliphatic carbocycles. The molecule has 1 N–H and O–H groups in total. The number of nitrogens with zero attached hydrogens (tertiary/aromatic N) is 2. The van der Waals surface area contributed by atoms with Crippen LogP contribution in [-0.2, 0) is 14.8 Å². The zero-order valence-electron chi connectivity index (χ0n) is 13.7. The summed E-state index contributed by atoms with van der Waals surface area (Å²) < 4.78 is 40.1. The minimum Gasteiger partial charge on any atom is -0.367 e. The molecule has 0 spiro atoms. The zero-order valence-corrected chi connectivity index (χ0v) is 14.5. The third-order valence-electron chi connectivity index (χ3n) is 4.57. The number of hydrogen-bond acceptors (Lipinski definition) is 4. The molecule has 1 saturated carbocycles. The second-order valence-corrected chi connectivity index (χ2v) is 8.15. The minimum absolute atomic E-state index is 0.0911. The first-order chi connectivity index (χ1) is 11.4. The van der Waals surface area contributed by atoms with Crippen LogP contribution in [0.25, 0.3) is 0 Å². The van der Waals surface area contributed by atoms with Crippen molar-refractivity contribution in [1.82, 2.24) is 9.62 Å². The summed E-state index contributed by atoms with van der Waals surface area (Å²) in [4.78, 5) is 15.8. The van der Waals surface area contributed by atoms with Crippen molar-refractivity contribution in [2.75, 3.05) is 38.1 Å². The maximum Gasteiger partial charge on any atom is 0.240 e. The highest BCUT2D eigenvalue weighted by Crippen LogP contribution is 2.31. The number of nitrogens with one attached hydrogen (secondary N) is 1. The van der Waals surface area contributed by atoms with E-state index < -0.39 is 15.8 Å². The van der Waals surface area contributed by atoms with Crippen molar-refractivity contribution >= 4 is 21.6 Å². The van der Waals surface area contributed by atoms with Gasteiger partial charge in [-0.15, -0.1) is 0 Å². The Morgan fingerprint density at radius 3 is 2.58 bits per heavy atom. The Kier molecular flexibility index (Phi) is 4.78. The summed E-state index contributed by atoms with van der Waals surface area (Å²) in [5, 5.41) is 0. The summed E-state index contributed by atoms with van der Waals surface area (Å²) in [6.45, 7) is 2.46. The number of carbonyl (C=O) groups is 1. The van der Waals surface area contributed by atoms with Gasteiger partial charge in [-0.1, -0.05) is 0 Å². The van der Waals surface area contributed by atoms with Crippen LogP contribution < -0.4 is 9.62 Å². The molecule has 3 rings (SSSR count). The molecule has 2 fully saturated rings. The van der Waals surface area contributed by atoms with Crippen molar-refractivity contribution in [2.24, 2.45) is 5.92 Å². The predicted molar refractivity (Wildman–Crippen MR) is 88.8 cm³/mol. The van der Waals surface area contributed by atoms with E-state index in [1.165, 1.54) is 19.2 Å². The van der Waals surface area contributed by atoms with Crippen LogP contribution in [-0.4, -0.2) is 52.5 Å². The maximum atomic E-state index is 14.4. The van der Waals surface area contributed by atoms with Crippen LogP contribution in [0.5, 0.6) is 0 Å². The Morgan fingerprint density at radius 2 is 1.96 bits per heavy atom. The van der Waals surface area contributed by atoms with Crippen LogP contribution in [0.1, 0.15) is 19.3 Å². The zero-order chi connectivity index (χ0) is 17.3. The molecule has 1 amide bonds. The smallest absolute Gasteiger partial charge is 0.240 e. The molecule has 1 aromatic carbocycles. The molecule has 2 aliphatic rings. The van der Waals surface area contributed by atoms with Gasteiger partial charge in [0.1, 0.15) is 5.82 Å². The van der Waals surface area contributed by atoms with E-state index in [1.807, 2.05) is 9.80 Å². The highest BCUT2D eigenvalue weighted by Gasteiger charge is 2.34. The standard InChI is InChI=1S/C16H22FN3O3S/c1-18-24(22,23)13-5-6-15(14(17)11-13)19-7-2-8-20(10-9-19)16(21)12-3-4-12/h5-6,11-12,18H,2-4,7-10H2,1H3. The summed E-state index contributed by atoms with van der Waals surface area (Å²) >= 11 is 0. The molecule has 1 aromatic rings. The van der Waals surface area contributed by atoms with Crippen molar-refractivity contribution in [2.45, 2.75) is 24.2 Å². The average Bonchev–Trinajstić information content (AvgIpc) is 3.41. The minimum atomic E-state index is -3.66. The fraction of sp³-hybridized carbons (Fsp3) is 0.562. The lowest BCUT2D eigenvalue weighted by molar-refractivity contribution is -0.132. The summed E-state index contributed by atoms with van der Waals surface area (Å²) in [5.41, 5.74) is 0.380. The van der Waals surface area contributed by atoms with Crippen molar-refractivity contribution in [1.29, 1.82) is 0 Å². The number of anilines is 1. The number of rotatable bonds is 4. The van der Waals surface area contributed by atoms with Crippen LogP contribution in [0, 0.1) is 11.7 Å². The Balaban J connectivity index is 1.73. The molecule has 0 atom stereocenters. The summed E-state index contributed by atoms with van der Waals surface area (Å²) in [6.07, 6.45) is 2.73. The third-order valence-corrected chi connectivity index (χ3v) is 5.99. The first-order valence-electron chi connectivity index (χ1n) is 8.19. The molecule has 0 aromatic heterocycles. The van der Waals surface area contributed by atoms with Gasteiger partial charge in [0.2, 0.25) is 15.9 Å². The largest absolute Gasteiger partial charge is 0.367 e. The van der Waals surface area contributed by atoms with Gasteiger partial charge in [0.15, 0.2) is 0 Å². The topological polar surface area (TPSA) is 69.7 Å². The second-order valence-electron chi connectivity index (χ2n) is 6.26. The first-order valence-corrected chi connectivity index (χ1v) is 9.67. The highest BCUT2D eigenvalue weighted by molar-refractivity contribution is 7.89. The molecule has 0 radical (unpaired) electrons. The molecule has 1 heterocycles. The Bertz CT molecular complexity index is 734. The Hall–Kier alpha value is -1.67. The van der Waals surface area contributed by atoms with Gasteiger partial charge in [-0.05, 0) is 44.5 Å². The van der Waals surface area contributed by atoms with E-state index in [1.54, 1.807) is 0 Å². The maximum absolute atomic E-state index is 14.4. The lowest BCUT2D eigenvalue weighted by atomic mass is 10.2. The molecule has 1 aliphatic heterocycles. The monoisotopic (exact) mass is 355 g/mol. The lowest BCUT2D eigenvalue weighted by Crippen LogP contribution is -2.36. The van der Waals surface area contributed by atoms with Crippen LogP contribution in [0.15, 0.2) is 23.1 Å². The molecule has 8 heteroatoms. The number of hydrogen-bond donors (Lipinski definition) is 1. The van der Waals surface area contributed by atoms with Gasteiger partial charge in [-0.2, -0.15) is 0 Å². The van der Waals surface area contributed by atoms with Gasteiger partial charge in [-0.3, -0.25) is 4.79 Å².